The number of pyridine rings is 1. The zero-order valence-corrected chi connectivity index (χ0v) is 12.2. The molecule has 108 valence electrons. The van der Waals surface area contributed by atoms with E-state index >= 15 is 0 Å². The molecule has 0 saturated carbocycles. The molecular weight excluding hydrogens is 294 g/mol. The molecule has 0 aliphatic rings. The summed E-state index contributed by atoms with van der Waals surface area (Å²) in [6, 6.07) is 5.25. The highest BCUT2D eigenvalue weighted by atomic mass is 35.5. The third-order valence-electron chi connectivity index (χ3n) is 3.09. The molecule has 3 rings (SSSR count). The van der Waals surface area contributed by atoms with Crippen molar-refractivity contribution in [3.8, 4) is 6.01 Å². The first kappa shape index (κ1) is 13.6. The predicted molar refractivity (Wildman–Crippen MR) is 76.9 cm³/mol. The number of methoxy groups -OCH3 is 1. The smallest absolute Gasteiger partial charge is 0.337 e. The van der Waals surface area contributed by atoms with Crippen molar-refractivity contribution in [2.75, 3.05) is 7.11 Å². The van der Waals surface area contributed by atoms with Crippen LogP contribution in [0.25, 0.3) is 5.78 Å². The van der Waals surface area contributed by atoms with Gasteiger partial charge in [0, 0.05) is 18.0 Å². The Morgan fingerprint density at radius 1 is 1.38 bits per heavy atom. The molecule has 7 nitrogen and oxygen atoms in total. The highest BCUT2D eigenvalue weighted by molar-refractivity contribution is 6.29. The van der Waals surface area contributed by atoms with Gasteiger partial charge in [0.05, 0.1) is 13.7 Å². The van der Waals surface area contributed by atoms with Crippen LogP contribution in [0.3, 0.4) is 0 Å². The lowest BCUT2D eigenvalue weighted by molar-refractivity contribution is 0.380. The first-order chi connectivity index (χ1) is 10.1. The molecule has 0 fully saturated rings. The van der Waals surface area contributed by atoms with Crippen molar-refractivity contribution in [3.05, 3.63) is 51.2 Å². The second-order valence-corrected chi connectivity index (χ2v) is 4.90. The Kier molecular flexibility index (Phi) is 3.34. The standard InChI is InChI=1S/C13H12ClN5O2/c1-8-5-11(20)19-13(16-12(17-19)21-2)18(8)7-9-3-4-10(14)15-6-9/h3-6H,7H2,1-2H3. The molecule has 0 amide bonds. The summed E-state index contributed by atoms with van der Waals surface area (Å²) in [5, 5.41) is 4.44. The average Bonchev–Trinajstić information content (AvgIpc) is 2.90. The largest absolute Gasteiger partial charge is 0.466 e. The number of rotatable bonds is 3. The lowest BCUT2D eigenvalue weighted by Gasteiger charge is -2.11. The first-order valence-electron chi connectivity index (χ1n) is 6.20. The molecular formula is C13H12ClN5O2. The molecule has 3 aromatic heterocycles. The number of aryl methyl sites for hydroxylation is 1. The number of halogens is 1. The minimum atomic E-state index is -0.246. The van der Waals surface area contributed by atoms with Crippen LogP contribution >= 0.6 is 11.6 Å². The van der Waals surface area contributed by atoms with Crippen molar-refractivity contribution >= 4 is 17.4 Å². The molecule has 0 unspecified atom stereocenters. The Balaban J connectivity index is 2.14. The Labute approximate surface area is 124 Å². The summed E-state index contributed by atoms with van der Waals surface area (Å²) in [6.07, 6.45) is 1.68. The highest BCUT2D eigenvalue weighted by Crippen LogP contribution is 2.12. The summed E-state index contributed by atoms with van der Waals surface area (Å²) >= 11 is 5.78. The van der Waals surface area contributed by atoms with E-state index in [1.54, 1.807) is 12.3 Å². The van der Waals surface area contributed by atoms with Gasteiger partial charge in [0.25, 0.3) is 5.56 Å². The molecule has 3 heterocycles. The van der Waals surface area contributed by atoms with Crippen LogP contribution < -0.4 is 10.3 Å². The van der Waals surface area contributed by atoms with Gasteiger partial charge in [-0.05, 0) is 18.6 Å². The second-order valence-electron chi connectivity index (χ2n) is 4.51. The normalized spacial score (nSPS) is 11.0. The minimum absolute atomic E-state index is 0.153. The van der Waals surface area contributed by atoms with Crippen molar-refractivity contribution in [3.63, 3.8) is 0 Å². The van der Waals surface area contributed by atoms with Crippen molar-refractivity contribution in [1.82, 2.24) is 24.1 Å². The summed E-state index contributed by atoms with van der Waals surface area (Å²) in [5.41, 5.74) is 1.47. The molecule has 21 heavy (non-hydrogen) atoms. The Morgan fingerprint density at radius 3 is 2.86 bits per heavy atom. The SMILES string of the molecule is COc1nc2n(Cc3ccc(Cl)nc3)c(C)cc(=O)n2n1. The lowest BCUT2D eigenvalue weighted by atomic mass is 10.3. The Bertz CT molecular complexity index is 853. The van der Waals surface area contributed by atoms with E-state index in [-0.39, 0.29) is 11.6 Å². The zero-order valence-electron chi connectivity index (χ0n) is 11.4. The van der Waals surface area contributed by atoms with Gasteiger partial charge in [-0.25, -0.2) is 4.98 Å². The molecule has 0 saturated heterocycles. The van der Waals surface area contributed by atoms with Crippen LogP contribution in [0.5, 0.6) is 6.01 Å². The van der Waals surface area contributed by atoms with Crippen molar-refractivity contribution in [2.24, 2.45) is 0 Å². The molecule has 0 aromatic carbocycles. The molecule has 0 spiro atoms. The van der Waals surface area contributed by atoms with Gasteiger partial charge in [-0.2, -0.15) is 9.50 Å². The fraction of sp³-hybridized carbons (Fsp3) is 0.231. The maximum absolute atomic E-state index is 11.9. The summed E-state index contributed by atoms with van der Waals surface area (Å²) in [6.45, 7) is 2.34. The van der Waals surface area contributed by atoms with E-state index in [1.807, 2.05) is 17.6 Å². The average molecular weight is 306 g/mol. The number of nitrogens with zero attached hydrogens (tertiary/aromatic N) is 5. The van der Waals surface area contributed by atoms with Gasteiger partial charge in [0.1, 0.15) is 5.15 Å². The fourth-order valence-corrected chi connectivity index (χ4v) is 2.16. The van der Waals surface area contributed by atoms with Crippen LogP contribution in [-0.4, -0.2) is 31.3 Å². The van der Waals surface area contributed by atoms with Crippen LogP contribution in [0, 0.1) is 6.92 Å². The number of aromatic nitrogens is 5. The summed E-state index contributed by atoms with van der Waals surface area (Å²) < 4.78 is 8.07. The maximum Gasteiger partial charge on any atom is 0.337 e. The molecule has 0 N–H and O–H groups in total. The van der Waals surface area contributed by atoms with Gasteiger partial charge in [0.15, 0.2) is 0 Å². The second kappa shape index (κ2) is 5.17. The maximum atomic E-state index is 11.9. The highest BCUT2D eigenvalue weighted by Gasteiger charge is 2.12. The molecule has 0 bridgehead atoms. The number of hydrogen-bond donors (Lipinski definition) is 0. The van der Waals surface area contributed by atoms with E-state index in [0.717, 1.165) is 11.3 Å². The fourth-order valence-electron chi connectivity index (χ4n) is 2.05. The predicted octanol–water partition coefficient (Wildman–Crippen LogP) is 1.30. The topological polar surface area (TPSA) is 74.3 Å². The number of ether oxygens (including phenoxy) is 1. The van der Waals surface area contributed by atoms with Crippen LogP contribution in [0.15, 0.2) is 29.2 Å². The van der Waals surface area contributed by atoms with Crippen molar-refractivity contribution in [1.29, 1.82) is 0 Å². The van der Waals surface area contributed by atoms with Gasteiger partial charge < -0.3 is 9.30 Å². The quantitative estimate of drug-likeness (QED) is 0.682. The Hall–Kier alpha value is -2.41. The van der Waals surface area contributed by atoms with E-state index in [1.165, 1.54) is 17.7 Å². The van der Waals surface area contributed by atoms with E-state index in [2.05, 4.69) is 15.1 Å². The van der Waals surface area contributed by atoms with E-state index in [4.69, 9.17) is 16.3 Å². The van der Waals surface area contributed by atoms with E-state index in [9.17, 15) is 4.79 Å². The third kappa shape index (κ3) is 2.47. The van der Waals surface area contributed by atoms with Gasteiger partial charge in [-0.15, -0.1) is 5.10 Å². The van der Waals surface area contributed by atoms with Crippen LogP contribution in [0.4, 0.5) is 0 Å². The molecule has 0 aliphatic heterocycles. The molecule has 3 aromatic rings. The van der Waals surface area contributed by atoms with Gasteiger partial charge in [-0.3, -0.25) is 4.79 Å². The summed E-state index contributed by atoms with van der Waals surface area (Å²) in [7, 11) is 1.46. The first-order valence-corrected chi connectivity index (χ1v) is 6.58. The van der Waals surface area contributed by atoms with Crippen LogP contribution in [0.1, 0.15) is 11.3 Å². The van der Waals surface area contributed by atoms with Gasteiger partial charge in [0.2, 0.25) is 5.78 Å². The van der Waals surface area contributed by atoms with Crippen LogP contribution in [0.2, 0.25) is 5.15 Å². The van der Waals surface area contributed by atoms with Gasteiger partial charge >= 0.3 is 6.01 Å². The van der Waals surface area contributed by atoms with E-state index in [0.29, 0.717) is 17.5 Å². The van der Waals surface area contributed by atoms with Crippen molar-refractivity contribution < 1.29 is 4.74 Å². The Morgan fingerprint density at radius 2 is 2.19 bits per heavy atom. The molecule has 8 heteroatoms. The lowest BCUT2D eigenvalue weighted by Crippen LogP contribution is -2.20. The van der Waals surface area contributed by atoms with Crippen LogP contribution in [-0.2, 0) is 6.54 Å². The summed E-state index contributed by atoms with van der Waals surface area (Å²) in [5.74, 6) is 0.423. The third-order valence-corrected chi connectivity index (χ3v) is 3.31. The number of fused-ring (bicyclic) bond motifs is 1. The molecule has 0 aliphatic carbocycles. The number of hydrogen-bond acceptors (Lipinski definition) is 5. The molecule has 0 radical (unpaired) electrons. The summed E-state index contributed by atoms with van der Waals surface area (Å²) in [4.78, 5) is 20.2. The van der Waals surface area contributed by atoms with Crippen molar-refractivity contribution in [2.45, 2.75) is 13.5 Å². The minimum Gasteiger partial charge on any atom is -0.466 e. The molecule has 0 atom stereocenters. The zero-order chi connectivity index (χ0) is 15.0. The van der Waals surface area contributed by atoms with Gasteiger partial charge in [-0.1, -0.05) is 17.7 Å². The van der Waals surface area contributed by atoms with E-state index < -0.39 is 0 Å². The monoisotopic (exact) mass is 305 g/mol.